The Balaban J connectivity index is 1.55. The van der Waals surface area contributed by atoms with E-state index in [0.29, 0.717) is 50.9 Å². The molecule has 0 aliphatic carbocycles. The van der Waals surface area contributed by atoms with Crippen molar-refractivity contribution in [3.63, 3.8) is 0 Å². The standard InChI is InChI=1S/C25H30N4O4S/c1-3-17(2)21(30)22(31)28-12-8-18(9-13-28)25(19-6-4-11-26-16-19)23(32)29(24(33)27-25)14-10-20-7-5-15-34-20/h4-7,11,15-18H,3,8-10,12-14H2,1-2H3,(H,27,33)/t17-,25-/m0/s1. The van der Waals surface area contributed by atoms with Crippen molar-refractivity contribution in [1.29, 1.82) is 0 Å². The highest BCUT2D eigenvalue weighted by atomic mass is 32.1. The zero-order valence-corrected chi connectivity index (χ0v) is 20.3. The van der Waals surface area contributed by atoms with Crippen molar-refractivity contribution in [3.05, 3.63) is 52.5 Å². The molecule has 0 unspecified atom stereocenters. The number of thiophene rings is 1. The molecule has 0 aromatic carbocycles. The van der Waals surface area contributed by atoms with Gasteiger partial charge < -0.3 is 10.2 Å². The maximum Gasteiger partial charge on any atom is 0.325 e. The number of carbonyl (C=O) groups is 4. The number of hydrogen-bond donors (Lipinski definition) is 1. The van der Waals surface area contributed by atoms with E-state index in [2.05, 4.69) is 10.3 Å². The molecule has 0 spiro atoms. The molecule has 2 saturated heterocycles. The molecule has 0 radical (unpaired) electrons. The van der Waals surface area contributed by atoms with Crippen LogP contribution < -0.4 is 5.32 Å². The molecular weight excluding hydrogens is 452 g/mol. The molecule has 4 rings (SSSR count). The molecule has 180 valence electrons. The minimum atomic E-state index is -1.23. The Hall–Kier alpha value is -3.07. The minimum Gasteiger partial charge on any atom is -0.336 e. The van der Waals surface area contributed by atoms with E-state index >= 15 is 0 Å². The van der Waals surface area contributed by atoms with E-state index in [-0.39, 0.29) is 23.5 Å². The van der Waals surface area contributed by atoms with Crippen LogP contribution in [-0.4, -0.2) is 58.0 Å². The SMILES string of the molecule is CC[C@H](C)C(=O)C(=O)N1CCC([C@@]2(c3cccnc3)NC(=O)N(CCc3cccs3)C2=O)CC1. The number of urea groups is 1. The van der Waals surface area contributed by atoms with Crippen LogP contribution in [0.5, 0.6) is 0 Å². The summed E-state index contributed by atoms with van der Waals surface area (Å²) < 4.78 is 0. The molecule has 2 atom stereocenters. The monoisotopic (exact) mass is 482 g/mol. The van der Waals surface area contributed by atoms with Crippen molar-refractivity contribution >= 4 is 35.0 Å². The van der Waals surface area contributed by atoms with Crippen LogP contribution in [-0.2, 0) is 26.3 Å². The second kappa shape index (κ2) is 10.0. The first-order valence-electron chi connectivity index (χ1n) is 11.8. The van der Waals surface area contributed by atoms with Gasteiger partial charge in [0.2, 0.25) is 5.78 Å². The van der Waals surface area contributed by atoms with Crippen molar-refractivity contribution in [3.8, 4) is 0 Å². The van der Waals surface area contributed by atoms with Crippen molar-refractivity contribution < 1.29 is 19.2 Å². The molecule has 2 aromatic heterocycles. The topological polar surface area (TPSA) is 99.7 Å². The molecule has 2 aliphatic rings. The van der Waals surface area contributed by atoms with E-state index in [1.165, 1.54) is 4.90 Å². The molecule has 34 heavy (non-hydrogen) atoms. The Kier molecular flexibility index (Phi) is 7.11. The largest absolute Gasteiger partial charge is 0.336 e. The van der Waals surface area contributed by atoms with Crippen LogP contribution in [0, 0.1) is 11.8 Å². The highest BCUT2D eigenvalue weighted by Crippen LogP contribution is 2.41. The molecule has 8 nitrogen and oxygen atoms in total. The van der Waals surface area contributed by atoms with Crippen molar-refractivity contribution in [1.82, 2.24) is 20.1 Å². The van der Waals surface area contributed by atoms with Gasteiger partial charge in [-0.2, -0.15) is 0 Å². The number of rotatable bonds is 8. The van der Waals surface area contributed by atoms with Crippen LogP contribution in [0.4, 0.5) is 4.79 Å². The summed E-state index contributed by atoms with van der Waals surface area (Å²) >= 11 is 1.60. The molecule has 2 aromatic rings. The summed E-state index contributed by atoms with van der Waals surface area (Å²) in [5.41, 5.74) is -0.580. The van der Waals surface area contributed by atoms with Crippen molar-refractivity contribution in [2.45, 2.75) is 45.1 Å². The Labute approximate surface area is 203 Å². The fraction of sp³-hybridized carbons (Fsp3) is 0.480. The Morgan fingerprint density at radius 2 is 2.00 bits per heavy atom. The number of nitrogens with zero attached hydrogens (tertiary/aromatic N) is 3. The first-order valence-corrected chi connectivity index (χ1v) is 12.7. The summed E-state index contributed by atoms with van der Waals surface area (Å²) in [4.78, 5) is 60.1. The number of hydrogen-bond acceptors (Lipinski definition) is 6. The number of imide groups is 1. The lowest BCUT2D eigenvalue weighted by Gasteiger charge is -2.41. The molecule has 0 bridgehead atoms. The number of carbonyl (C=O) groups excluding carboxylic acids is 4. The van der Waals surface area contributed by atoms with Gasteiger partial charge in [-0.15, -0.1) is 11.3 Å². The van der Waals surface area contributed by atoms with Crippen LogP contribution in [0.15, 0.2) is 42.0 Å². The molecule has 1 N–H and O–H groups in total. The Bertz CT molecular complexity index is 1050. The maximum absolute atomic E-state index is 13.8. The predicted octanol–water partition coefficient (Wildman–Crippen LogP) is 2.99. The molecule has 4 amide bonds. The van der Waals surface area contributed by atoms with Gasteiger partial charge in [-0.25, -0.2) is 4.79 Å². The van der Waals surface area contributed by atoms with Crippen molar-refractivity contribution in [2.24, 2.45) is 11.8 Å². The number of likely N-dealkylation sites (tertiary alicyclic amines) is 1. The summed E-state index contributed by atoms with van der Waals surface area (Å²) in [7, 11) is 0. The van der Waals surface area contributed by atoms with Crippen LogP contribution >= 0.6 is 11.3 Å². The van der Waals surface area contributed by atoms with Gasteiger partial charge in [-0.05, 0) is 49.1 Å². The Morgan fingerprint density at radius 1 is 1.24 bits per heavy atom. The van der Waals surface area contributed by atoms with Gasteiger partial charge in [0.15, 0.2) is 5.54 Å². The Morgan fingerprint density at radius 3 is 2.62 bits per heavy atom. The summed E-state index contributed by atoms with van der Waals surface area (Å²) in [6, 6.07) is 7.11. The predicted molar refractivity (Wildman–Crippen MR) is 128 cm³/mol. The van der Waals surface area contributed by atoms with Gasteiger partial charge in [0.1, 0.15) is 0 Å². The number of aromatic nitrogens is 1. The number of ketones is 1. The lowest BCUT2D eigenvalue weighted by Crippen LogP contribution is -2.55. The number of nitrogens with one attached hydrogen (secondary N) is 1. The third-order valence-corrected chi connectivity index (χ3v) is 8.01. The van der Waals surface area contributed by atoms with Crippen LogP contribution in [0.3, 0.4) is 0 Å². The quantitative estimate of drug-likeness (QED) is 0.461. The smallest absolute Gasteiger partial charge is 0.325 e. The van der Waals surface area contributed by atoms with Gasteiger partial charge in [0.05, 0.1) is 0 Å². The normalized spacial score (nSPS) is 22.1. The summed E-state index contributed by atoms with van der Waals surface area (Å²) in [6.07, 6.45) is 5.48. The van der Waals surface area contributed by atoms with E-state index in [1.54, 1.807) is 41.6 Å². The zero-order chi connectivity index (χ0) is 24.3. The van der Waals surface area contributed by atoms with Gasteiger partial charge in [-0.3, -0.25) is 24.3 Å². The van der Waals surface area contributed by atoms with Crippen LogP contribution in [0.2, 0.25) is 0 Å². The van der Waals surface area contributed by atoms with Gasteiger partial charge in [-0.1, -0.05) is 26.0 Å². The third kappa shape index (κ3) is 4.36. The maximum atomic E-state index is 13.8. The first kappa shape index (κ1) is 24.1. The van der Waals surface area contributed by atoms with Gasteiger partial charge >= 0.3 is 6.03 Å². The number of pyridine rings is 1. The van der Waals surface area contributed by atoms with Crippen LogP contribution in [0.25, 0.3) is 0 Å². The molecule has 2 fully saturated rings. The molecule has 9 heteroatoms. The highest BCUT2D eigenvalue weighted by molar-refractivity contribution is 7.09. The summed E-state index contributed by atoms with van der Waals surface area (Å²) in [5, 5.41) is 4.98. The van der Waals surface area contributed by atoms with E-state index in [4.69, 9.17) is 0 Å². The molecular formula is C25H30N4O4S. The van der Waals surface area contributed by atoms with E-state index in [1.807, 2.05) is 30.5 Å². The average Bonchev–Trinajstić information content (AvgIpc) is 3.48. The number of piperidine rings is 1. The number of Topliss-reactive ketones (excluding diaryl/α,β-unsaturated/α-hetero) is 1. The lowest BCUT2D eigenvalue weighted by atomic mass is 9.73. The van der Waals surface area contributed by atoms with E-state index in [0.717, 1.165) is 4.88 Å². The number of amides is 4. The van der Waals surface area contributed by atoms with Gasteiger partial charge in [0.25, 0.3) is 11.8 Å². The van der Waals surface area contributed by atoms with E-state index in [9.17, 15) is 19.2 Å². The summed E-state index contributed by atoms with van der Waals surface area (Å²) in [5.74, 6) is -1.62. The average molecular weight is 483 g/mol. The molecule has 2 aliphatic heterocycles. The van der Waals surface area contributed by atoms with Crippen molar-refractivity contribution in [2.75, 3.05) is 19.6 Å². The lowest BCUT2D eigenvalue weighted by molar-refractivity contribution is -0.148. The zero-order valence-electron chi connectivity index (χ0n) is 19.5. The first-order chi connectivity index (χ1) is 16.4. The second-order valence-corrected chi connectivity index (χ2v) is 10.0. The van der Waals surface area contributed by atoms with Gasteiger partial charge in [0, 0.05) is 48.4 Å². The minimum absolute atomic E-state index is 0.220. The molecule has 4 heterocycles. The fourth-order valence-electron chi connectivity index (χ4n) is 4.85. The second-order valence-electron chi connectivity index (χ2n) is 9.01. The highest BCUT2D eigenvalue weighted by Gasteiger charge is 2.57. The molecule has 0 saturated carbocycles. The van der Waals surface area contributed by atoms with Crippen LogP contribution in [0.1, 0.15) is 43.6 Å². The summed E-state index contributed by atoms with van der Waals surface area (Å²) in [6.45, 7) is 4.69. The van der Waals surface area contributed by atoms with E-state index < -0.39 is 17.5 Å². The third-order valence-electron chi connectivity index (χ3n) is 7.08. The fourth-order valence-corrected chi connectivity index (χ4v) is 5.54.